The summed E-state index contributed by atoms with van der Waals surface area (Å²) in [5, 5.41) is 6.92. The number of aryl methyl sites for hydroxylation is 1. The Labute approximate surface area is 202 Å². The lowest BCUT2D eigenvalue weighted by atomic mass is 10.0. The van der Waals surface area contributed by atoms with Crippen molar-refractivity contribution in [1.29, 1.82) is 0 Å². The van der Waals surface area contributed by atoms with Gasteiger partial charge in [0.2, 0.25) is 0 Å². The zero-order chi connectivity index (χ0) is 24.2. The molecule has 0 aliphatic rings. The van der Waals surface area contributed by atoms with Crippen LogP contribution in [-0.2, 0) is 22.1 Å². The highest BCUT2D eigenvalue weighted by atomic mass is 31.1. The van der Waals surface area contributed by atoms with Crippen LogP contribution in [0, 0.1) is 0 Å². The summed E-state index contributed by atoms with van der Waals surface area (Å²) in [6, 6.07) is 16.7. The first-order valence-electron chi connectivity index (χ1n) is 11.7. The van der Waals surface area contributed by atoms with Crippen molar-refractivity contribution in [3.63, 3.8) is 0 Å². The molecule has 0 aliphatic heterocycles. The molecule has 7 nitrogen and oxygen atoms in total. The van der Waals surface area contributed by atoms with Gasteiger partial charge in [-0.05, 0) is 81.1 Å². The summed E-state index contributed by atoms with van der Waals surface area (Å²) in [6.45, 7) is 6.59. The summed E-state index contributed by atoms with van der Waals surface area (Å²) in [4.78, 5) is 8.65. The molecule has 1 aromatic heterocycles. The number of hydrogen-bond acceptors (Lipinski definition) is 6. The Hall–Kier alpha value is -2.70. The number of benzene rings is 2. The average Bonchev–Trinajstić information content (AvgIpc) is 3.35. The second-order valence-corrected chi connectivity index (χ2v) is 9.07. The molecule has 0 saturated heterocycles. The number of furan rings is 1. The quantitative estimate of drug-likeness (QED) is 0.182. The topological polar surface area (TPSA) is 93.0 Å². The molecule has 0 radical (unpaired) electrons. The first-order valence-corrected chi connectivity index (χ1v) is 12.8. The van der Waals surface area contributed by atoms with Gasteiger partial charge < -0.3 is 19.8 Å². The van der Waals surface area contributed by atoms with E-state index in [0.717, 1.165) is 47.5 Å². The Morgan fingerprint density at radius 3 is 2.53 bits per heavy atom. The van der Waals surface area contributed by atoms with Crippen molar-refractivity contribution in [1.82, 2.24) is 5.32 Å². The Morgan fingerprint density at radius 2 is 1.82 bits per heavy atom. The molecule has 0 spiro atoms. The first kappa shape index (κ1) is 25.9. The monoisotopic (exact) mass is 485 g/mol. The standard InChI is InChI=1S/C26H33N2O5P/c1-20(2)33-24-9-6-21(7-10-24)5-3-14-28-26-11-8-22(17-25(26)23-12-16-31-19-23)18-27-13-4-15-32-34(29)30/h6-12,16-17,19-20,27-28H,3-5,13-15,18H2,1-2H3/p+1. The minimum Gasteiger partial charge on any atom is -0.491 e. The van der Waals surface area contributed by atoms with Crippen LogP contribution in [0.2, 0.25) is 0 Å². The third-order valence-electron chi connectivity index (χ3n) is 5.20. The fourth-order valence-electron chi connectivity index (χ4n) is 3.61. The normalized spacial score (nSPS) is 11.6. The third kappa shape index (κ3) is 8.92. The van der Waals surface area contributed by atoms with Crippen LogP contribution < -0.4 is 15.4 Å². The fraction of sp³-hybridized carbons (Fsp3) is 0.385. The summed E-state index contributed by atoms with van der Waals surface area (Å²) < 4.78 is 26.2. The number of hydrogen-bond donors (Lipinski definition) is 3. The van der Waals surface area contributed by atoms with Gasteiger partial charge in [0.25, 0.3) is 0 Å². The highest BCUT2D eigenvalue weighted by Crippen LogP contribution is 2.30. The van der Waals surface area contributed by atoms with Gasteiger partial charge in [-0.1, -0.05) is 18.2 Å². The van der Waals surface area contributed by atoms with Crippen molar-refractivity contribution in [2.45, 2.75) is 45.8 Å². The predicted molar refractivity (Wildman–Crippen MR) is 135 cm³/mol. The Balaban J connectivity index is 1.50. The lowest BCUT2D eigenvalue weighted by Crippen LogP contribution is -2.16. The number of anilines is 1. The van der Waals surface area contributed by atoms with Crippen LogP contribution in [0.3, 0.4) is 0 Å². The van der Waals surface area contributed by atoms with Gasteiger partial charge in [0.05, 0.1) is 18.6 Å². The Kier molecular flexibility index (Phi) is 10.6. The lowest BCUT2D eigenvalue weighted by molar-refractivity contribution is 0.242. The molecule has 8 heteroatoms. The van der Waals surface area contributed by atoms with E-state index in [1.807, 2.05) is 32.0 Å². The molecule has 0 fully saturated rings. The van der Waals surface area contributed by atoms with Gasteiger partial charge in [-0.25, -0.2) is 0 Å². The fourth-order valence-corrected chi connectivity index (χ4v) is 3.89. The van der Waals surface area contributed by atoms with Crippen LogP contribution in [-0.4, -0.2) is 30.7 Å². The van der Waals surface area contributed by atoms with Crippen LogP contribution in [0.25, 0.3) is 11.1 Å². The molecule has 34 heavy (non-hydrogen) atoms. The van der Waals surface area contributed by atoms with Gasteiger partial charge in [0.1, 0.15) is 12.4 Å². The highest BCUT2D eigenvalue weighted by molar-refractivity contribution is 7.32. The SMILES string of the molecule is CC(C)Oc1ccc(CCCNc2ccc(CNCCCO[P+](=O)O)cc2-c2ccoc2)cc1. The summed E-state index contributed by atoms with van der Waals surface area (Å²) >= 11 is 0. The molecule has 3 aromatic rings. The first-order chi connectivity index (χ1) is 16.5. The van der Waals surface area contributed by atoms with Gasteiger partial charge in [-0.15, -0.1) is 9.42 Å². The molecule has 0 bridgehead atoms. The van der Waals surface area contributed by atoms with Crippen molar-refractivity contribution in [3.8, 4) is 16.9 Å². The maximum Gasteiger partial charge on any atom is 0.694 e. The van der Waals surface area contributed by atoms with Crippen molar-refractivity contribution >= 4 is 13.9 Å². The molecular weight excluding hydrogens is 451 g/mol. The van der Waals surface area contributed by atoms with Gasteiger partial charge >= 0.3 is 8.25 Å². The van der Waals surface area contributed by atoms with E-state index in [9.17, 15) is 4.57 Å². The molecule has 1 atom stereocenters. The van der Waals surface area contributed by atoms with E-state index in [0.29, 0.717) is 19.5 Å². The largest absolute Gasteiger partial charge is 0.694 e. The smallest absolute Gasteiger partial charge is 0.491 e. The van der Waals surface area contributed by atoms with Crippen molar-refractivity contribution in [2.24, 2.45) is 0 Å². The van der Waals surface area contributed by atoms with Crippen LogP contribution in [0.1, 0.15) is 37.8 Å². The zero-order valence-corrected chi connectivity index (χ0v) is 20.7. The van der Waals surface area contributed by atoms with E-state index in [1.54, 1.807) is 12.5 Å². The average molecular weight is 486 g/mol. The van der Waals surface area contributed by atoms with Crippen LogP contribution in [0.5, 0.6) is 5.75 Å². The summed E-state index contributed by atoms with van der Waals surface area (Å²) in [5.74, 6) is 0.909. The Morgan fingerprint density at radius 1 is 1.03 bits per heavy atom. The van der Waals surface area contributed by atoms with E-state index in [2.05, 4.69) is 45.5 Å². The van der Waals surface area contributed by atoms with E-state index in [1.165, 1.54) is 5.56 Å². The van der Waals surface area contributed by atoms with E-state index in [4.69, 9.17) is 14.0 Å². The molecule has 3 N–H and O–H groups in total. The van der Waals surface area contributed by atoms with E-state index in [-0.39, 0.29) is 12.7 Å². The van der Waals surface area contributed by atoms with Gasteiger partial charge in [-0.2, -0.15) is 0 Å². The predicted octanol–water partition coefficient (Wildman–Crippen LogP) is 5.92. The van der Waals surface area contributed by atoms with Crippen LogP contribution >= 0.6 is 8.25 Å². The van der Waals surface area contributed by atoms with Crippen molar-refractivity contribution < 1.29 is 23.1 Å². The second-order valence-electron chi connectivity index (χ2n) is 8.33. The number of rotatable bonds is 15. The van der Waals surface area contributed by atoms with E-state index >= 15 is 0 Å². The van der Waals surface area contributed by atoms with Crippen molar-refractivity contribution in [3.05, 3.63) is 72.2 Å². The molecule has 1 unspecified atom stereocenters. The third-order valence-corrected chi connectivity index (χ3v) is 5.60. The summed E-state index contributed by atoms with van der Waals surface area (Å²) in [5.41, 5.74) is 5.66. The minimum atomic E-state index is -2.52. The molecular formula is C26H34N2O5P+. The minimum absolute atomic E-state index is 0.182. The molecule has 3 rings (SSSR count). The number of nitrogens with one attached hydrogen (secondary N) is 2. The molecule has 0 saturated carbocycles. The van der Waals surface area contributed by atoms with Gasteiger partial charge in [0.15, 0.2) is 0 Å². The van der Waals surface area contributed by atoms with Gasteiger partial charge in [0, 0.05) is 34.5 Å². The maximum atomic E-state index is 10.5. The molecule has 0 amide bonds. The maximum absolute atomic E-state index is 10.5. The number of ether oxygens (including phenoxy) is 1. The van der Waals surface area contributed by atoms with Crippen LogP contribution in [0.15, 0.2) is 65.5 Å². The van der Waals surface area contributed by atoms with Crippen LogP contribution in [0.4, 0.5) is 5.69 Å². The highest BCUT2D eigenvalue weighted by Gasteiger charge is 2.11. The van der Waals surface area contributed by atoms with Gasteiger partial charge in [-0.3, -0.25) is 0 Å². The second kappa shape index (κ2) is 13.9. The zero-order valence-electron chi connectivity index (χ0n) is 19.8. The van der Waals surface area contributed by atoms with E-state index < -0.39 is 8.25 Å². The molecule has 1 heterocycles. The Bertz CT molecular complexity index is 1010. The molecule has 182 valence electrons. The summed E-state index contributed by atoms with van der Waals surface area (Å²) in [7, 11) is -2.52. The molecule has 2 aromatic carbocycles. The van der Waals surface area contributed by atoms with Crippen molar-refractivity contribution in [2.75, 3.05) is 25.0 Å². The summed E-state index contributed by atoms with van der Waals surface area (Å²) in [6.07, 6.45) is 6.30. The lowest BCUT2D eigenvalue weighted by Gasteiger charge is -2.14. The molecule has 0 aliphatic carbocycles.